The van der Waals surface area contributed by atoms with Gasteiger partial charge in [0.15, 0.2) is 5.82 Å². The van der Waals surface area contributed by atoms with Crippen LogP contribution in [0.4, 0.5) is 16.2 Å². The zero-order valence-electron chi connectivity index (χ0n) is 16.8. The van der Waals surface area contributed by atoms with E-state index in [0.29, 0.717) is 6.54 Å². The molecule has 0 unspecified atom stereocenters. The lowest BCUT2D eigenvalue weighted by Gasteiger charge is -2.24. The maximum absolute atomic E-state index is 13.2. The van der Waals surface area contributed by atoms with Gasteiger partial charge in [-0.25, -0.2) is 4.79 Å². The minimum absolute atomic E-state index is 0.171. The molecule has 1 aliphatic heterocycles. The van der Waals surface area contributed by atoms with Crippen molar-refractivity contribution in [2.45, 2.75) is 52.1 Å². The number of carbonyl (C=O) groups excluding carboxylic acids is 1. The number of fused-ring (bicyclic) bond motifs is 1. The zero-order valence-corrected chi connectivity index (χ0v) is 16.8. The first-order chi connectivity index (χ1) is 14.2. The standard InChI is InChI=1S/C23H27N5O/c1-2-18-10-9-13-20(16-18)28(23(29)24-19-11-5-3-6-12-19)17-22-26-25-21-14-7-4-8-15-27(21)22/h3,5-6,9-13,16H,2,4,7-8,14-15,17H2,1H3,(H,24,29). The van der Waals surface area contributed by atoms with Crippen LogP contribution in [0.3, 0.4) is 0 Å². The summed E-state index contributed by atoms with van der Waals surface area (Å²) in [6, 6.07) is 17.5. The Morgan fingerprint density at radius 3 is 2.76 bits per heavy atom. The molecule has 6 nitrogen and oxygen atoms in total. The molecule has 2 aromatic carbocycles. The topological polar surface area (TPSA) is 63.1 Å². The Balaban J connectivity index is 1.64. The van der Waals surface area contributed by atoms with Crippen LogP contribution >= 0.6 is 0 Å². The fraction of sp³-hybridized carbons (Fsp3) is 0.348. The van der Waals surface area contributed by atoms with Gasteiger partial charge in [-0.3, -0.25) is 4.90 Å². The van der Waals surface area contributed by atoms with Gasteiger partial charge in [-0.05, 0) is 49.1 Å². The number of nitrogens with zero attached hydrogens (tertiary/aromatic N) is 4. The van der Waals surface area contributed by atoms with Crippen molar-refractivity contribution < 1.29 is 4.79 Å². The first-order valence-corrected chi connectivity index (χ1v) is 10.4. The van der Waals surface area contributed by atoms with Gasteiger partial charge in [-0.2, -0.15) is 0 Å². The number of para-hydroxylation sites is 1. The molecule has 0 saturated carbocycles. The first-order valence-electron chi connectivity index (χ1n) is 10.4. The number of benzene rings is 2. The number of aromatic nitrogens is 3. The molecule has 0 bridgehead atoms. The Bertz CT molecular complexity index is 966. The maximum atomic E-state index is 13.2. The van der Waals surface area contributed by atoms with Crippen molar-refractivity contribution in [1.82, 2.24) is 14.8 Å². The largest absolute Gasteiger partial charge is 0.326 e. The molecular formula is C23H27N5O. The number of rotatable bonds is 5. The highest BCUT2D eigenvalue weighted by molar-refractivity contribution is 6.01. The highest BCUT2D eigenvalue weighted by Crippen LogP contribution is 2.22. The number of urea groups is 1. The molecule has 0 aliphatic carbocycles. The molecule has 0 spiro atoms. The monoisotopic (exact) mass is 389 g/mol. The number of amides is 2. The number of anilines is 2. The Morgan fingerprint density at radius 2 is 1.93 bits per heavy atom. The molecule has 2 heterocycles. The van der Waals surface area contributed by atoms with Crippen LogP contribution in [0.2, 0.25) is 0 Å². The minimum atomic E-state index is -0.171. The molecule has 0 saturated heterocycles. The van der Waals surface area contributed by atoms with Crippen LogP contribution < -0.4 is 10.2 Å². The summed E-state index contributed by atoms with van der Waals surface area (Å²) in [4.78, 5) is 15.0. The van der Waals surface area contributed by atoms with Crippen molar-refractivity contribution in [3.63, 3.8) is 0 Å². The number of hydrogen-bond donors (Lipinski definition) is 1. The third-order valence-corrected chi connectivity index (χ3v) is 5.39. The van der Waals surface area contributed by atoms with E-state index in [9.17, 15) is 4.79 Å². The molecule has 2 amide bonds. The summed E-state index contributed by atoms with van der Waals surface area (Å²) in [6.45, 7) is 3.42. The van der Waals surface area contributed by atoms with E-state index in [1.54, 1.807) is 4.90 Å². The predicted molar refractivity (Wildman–Crippen MR) is 115 cm³/mol. The van der Waals surface area contributed by atoms with Crippen molar-refractivity contribution >= 4 is 17.4 Å². The van der Waals surface area contributed by atoms with Crippen LogP contribution in [-0.2, 0) is 25.9 Å². The molecule has 6 heteroatoms. The highest BCUT2D eigenvalue weighted by atomic mass is 16.2. The lowest BCUT2D eigenvalue weighted by Crippen LogP contribution is -2.35. The van der Waals surface area contributed by atoms with E-state index in [-0.39, 0.29) is 6.03 Å². The van der Waals surface area contributed by atoms with Crippen LogP contribution in [0.5, 0.6) is 0 Å². The van der Waals surface area contributed by atoms with Gasteiger partial charge in [-0.15, -0.1) is 10.2 Å². The van der Waals surface area contributed by atoms with E-state index in [4.69, 9.17) is 0 Å². The summed E-state index contributed by atoms with van der Waals surface area (Å²) in [7, 11) is 0. The number of aryl methyl sites for hydroxylation is 2. The molecular weight excluding hydrogens is 362 g/mol. The highest BCUT2D eigenvalue weighted by Gasteiger charge is 2.22. The number of hydrogen-bond acceptors (Lipinski definition) is 3. The third kappa shape index (κ3) is 4.47. The molecule has 1 N–H and O–H groups in total. The van der Waals surface area contributed by atoms with Crippen molar-refractivity contribution in [2.24, 2.45) is 0 Å². The summed E-state index contributed by atoms with van der Waals surface area (Å²) in [5.74, 6) is 1.87. The SMILES string of the molecule is CCc1cccc(N(Cc2nnc3n2CCCCC3)C(=O)Nc2ccccc2)c1. The van der Waals surface area contributed by atoms with Crippen LogP contribution in [0.15, 0.2) is 54.6 Å². The van der Waals surface area contributed by atoms with E-state index < -0.39 is 0 Å². The lowest BCUT2D eigenvalue weighted by atomic mass is 10.1. The van der Waals surface area contributed by atoms with Gasteiger partial charge in [0.25, 0.3) is 0 Å². The molecule has 0 radical (unpaired) electrons. The summed E-state index contributed by atoms with van der Waals surface area (Å²) >= 11 is 0. The molecule has 1 aromatic heterocycles. The van der Waals surface area contributed by atoms with Crippen molar-refractivity contribution in [3.05, 3.63) is 71.8 Å². The summed E-state index contributed by atoms with van der Waals surface area (Å²) in [5.41, 5.74) is 2.83. The fourth-order valence-corrected chi connectivity index (χ4v) is 3.74. The van der Waals surface area contributed by atoms with E-state index in [1.165, 1.54) is 12.0 Å². The predicted octanol–water partition coefficient (Wildman–Crippen LogP) is 4.81. The molecule has 4 rings (SSSR count). The van der Waals surface area contributed by atoms with Crippen molar-refractivity contribution in [1.29, 1.82) is 0 Å². The van der Waals surface area contributed by atoms with Crippen LogP contribution in [-0.4, -0.2) is 20.8 Å². The van der Waals surface area contributed by atoms with E-state index in [2.05, 4.69) is 39.1 Å². The average molecular weight is 390 g/mol. The third-order valence-electron chi connectivity index (χ3n) is 5.39. The Hall–Kier alpha value is -3.15. The second kappa shape index (κ2) is 8.90. The number of nitrogens with one attached hydrogen (secondary N) is 1. The molecule has 29 heavy (non-hydrogen) atoms. The van der Waals surface area contributed by atoms with E-state index in [1.807, 2.05) is 42.5 Å². The first kappa shape index (κ1) is 19.2. The quantitative estimate of drug-likeness (QED) is 0.681. The summed E-state index contributed by atoms with van der Waals surface area (Å²) in [5, 5.41) is 11.8. The van der Waals surface area contributed by atoms with Crippen LogP contribution in [0.25, 0.3) is 0 Å². The van der Waals surface area contributed by atoms with Gasteiger partial charge in [0.1, 0.15) is 5.82 Å². The minimum Gasteiger partial charge on any atom is -0.313 e. The molecule has 0 fully saturated rings. The lowest BCUT2D eigenvalue weighted by molar-refractivity contribution is 0.256. The summed E-state index contributed by atoms with van der Waals surface area (Å²) in [6.07, 6.45) is 5.35. The Morgan fingerprint density at radius 1 is 1.07 bits per heavy atom. The van der Waals surface area contributed by atoms with Crippen LogP contribution in [0, 0.1) is 0 Å². The van der Waals surface area contributed by atoms with Gasteiger partial charge in [0.2, 0.25) is 0 Å². The molecule has 3 aromatic rings. The zero-order chi connectivity index (χ0) is 20.1. The van der Waals surface area contributed by atoms with Crippen molar-refractivity contribution in [2.75, 3.05) is 10.2 Å². The van der Waals surface area contributed by atoms with E-state index in [0.717, 1.165) is 55.3 Å². The van der Waals surface area contributed by atoms with Gasteiger partial charge < -0.3 is 9.88 Å². The van der Waals surface area contributed by atoms with Gasteiger partial charge >= 0.3 is 6.03 Å². The normalized spacial score (nSPS) is 13.4. The molecule has 0 atom stereocenters. The Labute approximate surface area is 171 Å². The smallest absolute Gasteiger partial charge is 0.313 e. The van der Waals surface area contributed by atoms with Gasteiger partial charge in [0.05, 0.1) is 6.54 Å². The maximum Gasteiger partial charge on any atom is 0.326 e. The average Bonchev–Trinajstić information content (AvgIpc) is 2.98. The number of carbonyl (C=O) groups is 1. The van der Waals surface area contributed by atoms with Crippen molar-refractivity contribution in [3.8, 4) is 0 Å². The second-order valence-electron chi connectivity index (χ2n) is 7.40. The summed E-state index contributed by atoms with van der Waals surface area (Å²) < 4.78 is 2.19. The second-order valence-corrected chi connectivity index (χ2v) is 7.40. The molecule has 1 aliphatic rings. The van der Waals surface area contributed by atoms with Gasteiger partial charge in [0, 0.05) is 24.3 Å². The van der Waals surface area contributed by atoms with Crippen LogP contribution in [0.1, 0.15) is 43.4 Å². The molecule has 150 valence electrons. The van der Waals surface area contributed by atoms with Gasteiger partial charge in [-0.1, -0.05) is 43.7 Å². The van der Waals surface area contributed by atoms with E-state index >= 15 is 0 Å². The fourth-order valence-electron chi connectivity index (χ4n) is 3.74. The Kier molecular flexibility index (Phi) is 5.89.